The van der Waals surface area contributed by atoms with Crippen molar-refractivity contribution in [2.24, 2.45) is 5.92 Å². The summed E-state index contributed by atoms with van der Waals surface area (Å²) in [6, 6.07) is 0.770. The van der Waals surface area contributed by atoms with Crippen LogP contribution in [0.25, 0.3) is 0 Å². The molecule has 0 aromatic rings. The minimum atomic E-state index is 0. The average Bonchev–Trinajstić information content (AvgIpc) is 2.05. The molecule has 1 N–H and O–H groups in total. The standard InChI is InChI=1S/C10H22N2.2ClH/c1-9(2)8-10(3)12-6-4-11-5-7-12;;/h9-11H,4-8H2,1-3H3;2*1H. The maximum Gasteiger partial charge on any atom is 0.0110 e. The van der Waals surface area contributed by atoms with Gasteiger partial charge in [0, 0.05) is 32.2 Å². The van der Waals surface area contributed by atoms with E-state index in [1.165, 1.54) is 32.6 Å². The summed E-state index contributed by atoms with van der Waals surface area (Å²) in [6.45, 7) is 11.8. The van der Waals surface area contributed by atoms with Crippen LogP contribution < -0.4 is 5.32 Å². The molecule has 0 aromatic carbocycles. The van der Waals surface area contributed by atoms with Crippen LogP contribution in [0.3, 0.4) is 0 Å². The molecule has 0 aliphatic carbocycles. The van der Waals surface area contributed by atoms with E-state index in [0.717, 1.165) is 12.0 Å². The molecule has 4 heteroatoms. The lowest BCUT2D eigenvalue weighted by atomic mass is 10.0. The minimum Gasteiger partial charge on any atom is -0.314 e. The lowest BCUT2D eigenvalue weighted by molar-refractivity contribution is 0.165. The average molecular weight is 243 g/mol. The maximum absolute atomic E-state index is 3.38. The van der Waals surface area contributed by atoms with Crippen LogP contribution in [0.4, 0.5) is 0 Å². The van der Waals surface area contributed by atoms with Gasteiger partial charge in [0.15, 0.2) is 0 Å². The van der Waals surface area contributed by atoms with Gasteiger partial charge in [-0.1, -0.05) is 13.8 Å². The van der Waals surface area contributed by atoms with Crippen LogP contribution in [0, 0.1) is 5.92 Å². The fraction of sp³-hybridized carbons (Fsp3) is 1.00. The topological polar surface area (TPSA) is 15.3 Å². The molecule has 0 spiro atoms. The third-order valence-corrected chi connectivity index (χ3v) is 2.59. The van der Waals surface area contributed by atoms with Crippen LogP contribution in [0.1, 0.15) is 27.2 Å². The van der Waals surface area contributed by atoms with Gasteiger partial charge in [-0.25, -0.2) is 0 Å². The zero-order valence-corrected chi connectivity index (χ0v) is 11.1. The molecule has 1 saturated heterocycles. The normalized spacial score (nSPS) is 19.7. The molecular weight excluding hydrogens is 219 g/mol. The first-order chi connectivity index (χ1) is 5.70. The molecule has 1 atom stereocenters. The lowest BCUT2D eigenvalue weighted by Crippen LogP contribution is -2.47. The summed E-state index contributed by atoms with van der Waals surface area (Å²) in [5, 5.41) is 3.38. The van der Waals surface area contributed by atoms with Crippen LogP contribution >= 0.6 is 24.8 Å². The third-order valence-electron chi connectivity index (χ3n) is 2.59. The third kappa shape index (κ3) is 6.07. The molecule has 1 heterocycles. The molecule has 0 radical (unpaired) electrons. The number of piperazine rings is 1. The summed E-state index contributed by atoms with van der Waals surface area (Å²) < 4.78 is 0. The highest BCUT2D eigenvalue weighted by molar-refractivity contribution is 5.85. The Morgan fingerprint density at radius 1 is 1.07 bits per heavy atom. The van der Waals surface area contributed by atoms with Gasteiger partial charge in [-0.2, -0.15) is 0 Å². The number of nitrogens with one attached hydrogen (secondary N) is 1. The van der Waals surface area contributed by atoms with Gasteiger partial charge in [0.05, 0.1) is 0 Å². The van der Waals surface area contributed by atoms with Crippen molar-refractivity contribution in [1.29, 1.82) is 0 Å². The quantitative estimate of drug-likeness (QED) is 0.817. The van der Waals surface area contributed by atoms with Gasteiger partial charge in [0.25, 0.3) is 0 Å². The second-order valence-electron chi connectivity index (χ2n) is 4.26. The van der Waals surface area contributed by atoms with Gasteiger partial charge in [0.2, 0.25) is 0 Å². The molecule has 1 aliphatic heterocycles. The number of hydrogen-bond donors (Lipinski definition) is 1. The SMILES string of the molecule is CC(C)CC(C)N1CCNCC1.Cl.Cl. The molecule has 1 fully saturated rings. The highest BCUT2D eigenvalue weighted by Crippen LogP contribution is 2.11. The Labute approximate surface area is 101 Å². The first-order valence-corrected chi connectivity index (χ1v) is 5.15. The van der Waals surface area contributed by atoms with Gasteiger partial charge in [0.1, 0.15) is 0 Å². The van der Waals surface area contributed by atoms with Crippen molar-refractivity contribution in [3.63, 3.8) is 0 Å². The van der Waals surface area contributed by atoms with E-state index in [-0.39, 0.29) is 24.8 Å². The number of hydrogen-bond acceptors (Lipinski definition) is 2. The number of rotatable bonds is 3. The minimum absolute atomic E-state index is 0. The summed E-state index contributed by atoms with van der Waals surface area (Å²) in [4.78, 5) is 2.59. The smallest absolute Gasteiger partial charge is 0.0110 e. The van der Waals surface area contributed by atoms with Crippen molar-refractivity contribution in [3.8, 4) is 0 Å². The zero-order valence-electron chi connectivity index (χ0n) is 9.45. The van der Waals surface area contributed by atoms with Crippen LogP contribution in [-0.2, 0) is 0 Å². The first-order valence-electron chi connectivity index (χ1n) is 5.15. The van der Waals surface area contributed by atoms with Crippen molar-refractivity contribution < 1.29 is 0 Å². The molecule has 1 rings (SSSR count). The molecule has 0 bridgehead atoms. The maximum atomic E-state index is 3.38. The predicted octanol–water partition coefficient (Wildman–Crippen LogP) is 2.17. The highest BCUT2D eigenvalue weighted by Gasteiger charge is 2.16. The Bertz CT molecular complexity index is 125. The molecule has 1 aliphatic rings. The van der Waals surface area contributed by atoms with Crippen LogP contribution in [0.15, 0.2) is 0 Å². The van der Waals surface area contributed by atoms with E-state index in [0.29, 0.717) is 0 Å². The second kappa shape index (κ2) is 8.78. The number of halogens is 2. The van der Waals surface area contributed by atoms with Gasteiger partial charge in [-0.05, 0) is 19.3 Å². The van der Waals surface area contributed by atoms with Gasteiger partial charge < -0.3 is 5.32 Å². The molecule has 1 unspecified atom stereocenters. The van der Waals surface area contributed by atoms with Crippen molar-refractivity contribution in [2.75, 3.05) is 26.2 Å². The fourth-order valence-corrected chi connectivity index (χ4v) is 1.95. The summed E-state index contributed by atoms with van der Waals surface area (Å²) >= 11 is 0. The van der Waals surface area contributed by atoms with E-state index in [9.17, 15) is 0 Å². The van der Waals surface area contributed by atoms with Gasteiger partial charge >= 0.3 is 0 Å². The van der Waals surface area contributed by atoms with Gasteiger partial charge in [-0.3, -0.25) is 4.90 Å². The first kappa shape index (κ1) is 16.9. The second-order valence-corrected chi connectivity index (χ2v) is 4.26. The highest BCUT2D eigenvalue weighted by atomic mass is 35.5. The van der Waals surface area contributed by atoms with Crippen molar-refractivity contribution in [1.82, 2.24) is 10.2 Å². The Morgan fingerprint density at radius 2 is 1.57 bits per heavy atom. The van der Waals surface area contributed by atoms with E-state index < -0.39 is 0 Å². The zero-order chi connectivity index (χ0) is 8.97. The monoisotopic (exact) mass is 242 g/mol. The van der Waals surface area contributed by atoms with Gasteiger partial charge in [-0.15, -0.1) is 24.8 Å². The molecule has 0 aromatic heterocycles. The molecule has 0 amide bonds. The van der Waals surface area contributed by atoms with E-state index in [1.807, 2.05) is 0 Å². The van der Waals surface area contributed by atoms with Crippen LogP contribution in [-0.4, -0.2) is 37.1 Å². The molecule has 14 heavy (non-hydrogen) atoms. The summed E-state index contributed by atoms with van der Waals surface area (Å²) in [7, 11) is 0. The van der Waals surface area contributed by atoms with E-state index in [1.54, 1.807) is 0 Å². The predicted molar refractivity (Wildman–Crippen MR) is 67.9 cm³/mol. The Hall–Kier alpha value is 0.500. The number of nitrogens with zero attached hydrogens (tertiary/aromatic N) is 1. The summed E-state index contributed by atoms with van der Waals surface area (Å²) in [5.74, 6) is 0.829. The Kier molecular flexibility index (Phi) is 10.6. The summed E-state index contributed by atoms with van der Waals surface area (Å²) in [5.41, 5.74) is 0. The van der Waals surface area contributed by atoms with Crippen LogP contribution in [0.2, 0.25) is 0 Å². The summed E-state index contributed by atoms with van der Waals surface area (Å²) in [6.07, 6.45) is 1.33. The van der Waals surface area contributed by atoms with Crippen molar-refractivity contribution >= 4 is 24.8 Å². The van der Waals surface area contributed by atoms with Crippen molar-refractivity contribution in [2.45, 2.75) is 33.2 Å². The molecular formula is C10H24Cl2N2. The molecule has 0 saturated carbocycles. The Morgan fingerprint density at radius 3 is 2.00 bits per heavy atom. The lowest BCUT2D eigenvalue weighted by Gasteiger charge is -2.33. The van der Waals surface area contributed by atoms with Crippen molar-refractivity contribution in [3.05, 3.63) is 0 Å². The van der Waals surface area contributed by atoms with E-state index in [4.69, 9.17) is 0 Å². The molecule has 2 nitrogen and oxygen atoms in total. The Balaban J connectivity index is 0. The van der Waals surface area contributed by atoms with Crippen LogP contribution in [0.5, 0.6) is 0 Å². The van der Waals surface area contributed by atoms with E-state index >= 15 is 0 Å². The largest absolute Gasteiger partial charge is 0.314 e. The fourth-order valence-electron chi connectivity index (χ4n) is 1.95. The molecule has 88 valence electrons. The van der Waals surface area contributed by atoms with E-state index in [2.05, 4.69) is 31.0 Å².